The van der Waals surface area contributed by atoms with Crippen molar-refractivity contribution in [2.75, 3.05) is 18.1 Å². The molecule has 1 fully saturated rings. The van der Waals surface area contributed by atoms with Crippen molar-refractivity contribution in [2.24, 2.45) is 0 Å². The lowest BCUT2D eigenvalue weighted by atomic mass is 10.1. The molecule has 1 amide bonds. The number of amides is 1. The maximum absolute atomic E-state index is 12.4. The van der Waals surface area contributed by atoms with Crippen molar-refractivity contribution in [3.63, 3.8) is 0 Å². The Morgan fingerprint density at radius 1 is 1.39 bits per heavy atom. The molecule has 1 unspecified atom stereocenters. The third-order valence-electron chi connectivity index (χ3n) is 4.25. The van der Waals surface area contributed by atoms with Gasteiger partial charge in [-0.05, 0) is 43.9 Å². The summed E-state index contributed by atoms with van der Waals surface area (Å²) in [5, 5.41) is 3.30. The minimum Gasteiger partial charge on any atom is -0.301 e. The Balaban J connectivity index is 1.84. The van der Waals surface area contributed by atoms with E-state index in [0.29, 0.717) is 24.5 Å². The van der Waals surface area contributed by atoms with E-state index in [1.54, 1.807) is 0 Å². The molecule has 1 aromatic carbocycles. The molecular formula is C15H19N3O3S2. The number of aryl methyl sites for hydroxylation is 2. The second kappa shape index (κ2) is 5.85. The standard InChI is InChI=1S/C15H19N3O3S2/c1-9-6-7-12-13(10(9)2)16-15(22-12)17-14(19)11-5-4-8-18(11)23(3,20)21/h6-7,11H,4-5,8H2,1-3H3,(H,16,17,19). The molecule has 0 aliphatic carbocycles. The monoisotopic (exact) mass is 353 g/mol. The summed E-state index contributed by atoms with van der Waals surface area (Å²) in [5.74, 6) is -0.304. The molecule has 0 saturated carbocycles. The van der Waals surface area contributed by atoms with Crippen LogP contribution >= 0.6 is 11.3 Å². The molecule has 1 saturated heterocycles. The minimum absolute atomic E-state index is 0.304. The molecule has 0 spiro atoms. The summed E-state index contributed by atoms with van der Waals surface area (Å²) in [6.07, 6.45) is 2.38. The zero-order valence-electron chi connectivity index (χ0n) is 13.3. The number of nitrogens with one attached hydrogen (secondary N) is 1. The van der Waals surface area contributed by atoms with E-state index in [4.69, 9.17) is 0 Å². The summed E-state index contributed by atoms with van der Waals surface area (Å²) in [5.41, 5.74) is 3.13. The molecule has 1 aliphatic heterocycles. The Labute approximate surface area is 139 Å². The van der Waals surface area contributed by atoms with Crippen LogP contribution in [0.15, 0.2) is 12.1 Å². The van der Waals surface area contributed by atoms with Crippen molar-refractivity contribution in [3.8, 4) is 0 Å². The van der Waals surface area contributed by atoms with Crippen LogP contribution in [-0.4, -0.2) is 42.5 Å². The first kappa shape index (κ1) is 16.4. The number of aromatic nitrogens is 1. The number of thiazole rings is 1. The van der Waals surface area contributed by atoms with Crippen LogP contribution in [0.2, 0.25) is 0 Å². The van der Waals surface area contributed by atoms with Crippen LogP contribution in [0.25, 0.3) is 10.2 Å². The maximum atomic E-state index is 12.4. The van der Waals surface area contributed by atoms with Crippen molar-refractivity contribution < 1.29 is 13.2 Å². The Bertz CT molecular complexity index is 873. The maximum Gasteiger partial charge on any atom is 0.244 e. The fraction of sp³-hybridized carbons (Fsp3) is 0.467. The Hall–Kier alpha value is -1.51. The molecule has 2 heterocycles. The number of hydrogen-bond acceptors (Lipinski definition) is 5. The Morgan fingerprint density at radius 3 is 2.83 bits per heavy atom. The summed E-state index contributed by atoms with van der Waals surface area (Å²) in [4.78, 5) is 16.9. The van der Waals surface area contributed by atoms with Crippen molar-refractivity contribution in [1.82, 2.24) is 9.29 Å². The molecule has 8 heteroatoms. The number of carbonyl (C=O) groups is 1. The third kappa shape index (κ3) is 3.11. The summed E-state index contributed by atoms with van der Waals surface area (Å²) >= 11 is 1.40. The van der Waals surface area contributed by atoms with Crippen LogP contribution in [0.4, 0.5) is 5.13 Å². The first-order valence-corrected chi connectivity index (χ1v) is 10.1. The Kier molecular flexibility index (Phi) is 4.16. The quantitative estimate of drug-likeness (QED) is 0.918. The number of carbonyl (C=O) groups excluding carboxylic acids is 1. The van der Waals surface area contributed by atoms with E-state index < -0.39 is 16.1 Å². The second-order valence-electron chi connectivity index (χ2n) is 5.89. The van der Waals surface area contributed by atoms with Gasteiger partial charge in [0, 0.05) is 6.54 Å². The van der Waals surface area contributed by atoms with Gasteiger partial charge in [-0.1, -0.05) is 17.4 Å². The van der Waals surface area contributed by atoms with Gasteiger partial charge in [-0.25, -0.2) is 13.4 Å². The highest BCUT2D eigenvalue weighted by molar-refractivity contribution is 7.88. The van der Waals surface area contributed by atoms with Gasteiger partial charge in [0.25, 0.3) is 0 Å². The molecule has 1 atom stereocenters. The SMILES string of the molecule is Cc1ccc2sc(NC(=O)C3CCCN3S(C)(=O)=O)nc2c1C. The van der Waals surface area contributed by atoms with Gasteiger partial charge in [0.15, 0.2) is 5.13 Å². The van der Waals surface area contributed by atoms with Crippen molar-refractivity contribution in [2.45, 2.75) is 32.7 Å². The fourth-order valence-corrected chi connectivity index (χ4v) is 4.92. The molecular weight excluding hydrogens is 334 g/mol. The van der Waals surface area contributed by atoms with Crippen LogP contribution in [-0.2, 0) is 14.8 Å². The molecule has 0 bridgehead atoms. The number of fused-ring (bicyclic) bond motifs is 1. The highest BCUT2D eigenvalue weighted by atomic mass is 32.2. The van der Waals surface area contributed by atoms with Crippen LogP contribution < -0.4 is 5.32 Å². The van der Waals surface area contributed by atoms with E-state index in [-0.39, 0.29) is 5.91 Å². The van der Waals surface area contributed by atoms with Gasteiger partial charge in [0.2, 0.25) is 15.9 Å². The summed E-state index contributed by atoms with van der Waals surface area (Å²) < 4.78 is 25.8. The van der Waals surface area contributed by atoms with Gasteiger partial charge in [-0.2, -0.15) is 4.31 Å². The zero-order chi connectivity index (χ0) is 16.8. The first-order valence-electron chi connectivity index (χ1n) is 7.42. The topological polar surface area (TPSA) is 79.4 Å². The van der Waals surface area contributed by atoms with Crippen LogP contribution in [0.5, 0.6) is 0 Å². The highest BCUT2D eigenvalue weighted by Gasteiger charge is 2.36. The number of nitrogens with zero attached hydrogens (tertiary/aromatic N) is 2. The van der Waals surface area contributed by atoms with Crippen LogP contribution in [0.3, 0.4) is 0 Å². The highest BCUT2D eigenvalue weighted by Crippen LogP contribution is 2.30. The van der Waals surface area contributed by atoms with Gasteiger partial charge < -0.3 is 5.32 Å². The van der Waals surface area contributed by atoms with Crippen molar-refractivity contribution >= 4 is 42.6 Å². The minimum atomic E-state index is -3.37. The molecule has 3 rings (SSSR count). The lowest BCUT2D eigenvalue weighted by Crippen LogP contribution is -2.42. The average Bonchev–Trinajstić information content (AvgIpc) is 3.09. The van der Waals surface area contributed by atoms with E-state index in [0.717, 1.165) is 27.6 Å². The average molecular weight is 353 g/mol. The normalized spacial score (nSPS) is 19.3. The number of hydrogen-bond donors (Lipinski definition) is 1. The molecule has 2 aromatic rings. The molecule has 1 aromatic heterocycles. The van der Waals surface area contributed by atoms with Crippen molar-refractivity contribution in [1.29, 1.82) is 0 Å². The molecule has 1 N–H and O–H groups in total. The van der Waals surface area contributed by atoms with Gasteiger partial charge in [-0.15, -0.1) is 0 Å². The molecule has 0 radical (unpaired) electrons. The van der Waals surface area contributed by atoms with E-state index in [2.05, 4.69) is 10.3 Å². The van der Waals surface area contributed by atoms with Crippen LogP contribution in [0, 0.1) is 13.8 Å². The van der Waals surface area contributed by atoms with E-state index in [1.807, 2.05) is 26.0 Å². The first-order chi connectivity index (χ1) is 10.8. The third-order valence-corrected chi connectivity index (χ3v) is 6.47. The van der Waals surface area contributed by atoms with Gasteiger partial charge >= 0.3 is 0 Å². The number of rotatable bonds is 3. The zero-order valence-corrected chi connectivity index (χ0v) is 14.9. The van der Waals surface area contributed by atoms with Gasteiger partial charge in [0.1, 0.15) is 6.04 Å². The second-order valence-corrected chi connectivity index (χ2v) is 8.86. The fourth-order valence-electron chi connectivity index (χ4n) is 2.87. The summed E-state index contributed by atoms with van der Waals surface area (Å²) in [6, 6.07) is 3.38. The van der Waals surface area contributed by atoms with E-state index in [1.165, 1.54) is 15.6 Å². The number of benzene rings is 1. The number of sulfonamides is 1. The molecule has 124 valence electrons. The van der Waals surface area contributed by atoms with E-state index in [9.17, 15) is 13.2 Å². The lowest BCUT2D eigenvalue weighted by molar-refractivity contribution is -0.119. The van der Waals surface area contributed by atoms with Crippen LogP contribution in [0.1, 0.15) is 24.0 Å². The number of anilines is 1. The van der Waals surface area contributed by atoms with Gasteiger partial charge in [-0.3, -0.25) is 4.79 Å². The molecule has 1 aliphatic rings. The lowest BCUT2D eigenvalue weighted by Gasteiger charge is -2.20. The summed E-state index contributed by atoms with van der Waals surface area (Å²) in [7, 11) is -3.37. The summed E-state index contributed by atoms with van der Waals surface area (Å²) in [6.45, 7) is 4.43. The Morgan fingerprint density at radius 2 is 2.13 bits per heavy atom. The molecule has 23 heavy (non-hydrogen) atoms. The van der Waals surface area contributed by atoms with Gasteiger partial charge in [0.05, 0.1) is 16.5 Å². The van der Waals surface area contributed by atoms with Crippen molar-refractivity contribution in [3.05, 3.63) is 23.3 Å². The largest absolute Gasteiger partial charge is 0.301 e. The predicted octanol–water partition coefficient (Wildman–Crippen LogP) is 2.28. The smallest absolute Gasteiger partial charge is 0.244 e. The molecule has 6 nitrogen and oxygen atoms in total. The van der Waals surface area contributed by atoms with E-state index >= 15 is 0 Å². The predicted molar refractivity (Wildman–Crippen MR) is 92.3 cm³/mol.